The van der Waals surface area contributed by atoms with Gasteiger partial charge in [-0.3, -0.25) is 0 Å². The fraction of sp³-hybridized carbons (Fsp3) is 0.600. The SMILES string of the molecule is Cc1c(Cl)nnc(NC(C)CC(F)(F)F)c1C. The molecule has 0 bridgehead atoms. The summed E-state index contributed by atoms with van der Waals surface area (Å²) in [7, 11) is 0. The van der Waals surface area contributed by atoms with E-state index >= 15 is 0 Å². The number of halogens is 4. The first-order chi connectivity index (χ1) is 7.70. The molecule has 0 spiro atoms. The van der Waals surface area contributed by atoms with Gasteiger partial charge in [0.05, 0.1) is 6.42 Å². The van der Waals surface area contributed by atoms with Gasteiger partial charge in [0.2, 0.25) is 0 Å². The van der Waals surface area contributed by atoms with Gasteiger partial charge in [-0.1, -0.05) is 11.6 Å². The third-order valence-corrected chi connectivity index (χ3v) is 2.74. The number of anilines is 1. The summed E-state index contributed by atoms with van der Waals surface area (Å²) in [5, 5.41) is 10.4. The van der Waals surface area contributed by atoms with Gasteiger partial charge in [-0.25, -0.2) is 0 Å². The summed E-state index contributed by atoms with van der Waals surface area (Å²) >= 11 is 5.75. The van der Waals surface area contributed by atoms with Crippen LogP contribution in [0.3, 0.4) is 0 Å². The van der Waals surface area contributed by atoms with E-state index in [1.807, 2.05) is 0 Å². The lowest BCUT2D eigenvalue weighted by molar-refractivity contribution is -0.136. The van der Waals surface area contributed by atoms with E-state index in [-0.39, 0.29) is 5.15 Å². The average molecular weight is 268 g/mol. The van der Waals surface area contributed by atoms with Crippen LogP contribution in [0.15, 0.2) is 0 Å². The third kappa shape index (κ3) is 4.03. The number of alkyl halides is 3. The highest BCUT2D eigenvalue weighted by Crippen LogP contribution is 2.25. The van der Waals surface area contributed by atoms with E-state index in [0.717, 1.165) is 0 Å². The molecule has 0 fully saturated rings. The van der Waals surface area contributed by atoms with Crippen LogP contribution in [0.1, 0.15) is 24.5 Å². The predicted octanol–water partition coefficient (Wildman–Crippen LogP) is 3.50. The minimum atomic E-state index is -4.20. The van der Waals surface area contributed by atoms with Gasteiger partial charge in [0.15, 0.2) is 11.0 Å². The van der Waals surface area contributed by atoms with Crippen LogP contribution in [0.25, 0.3) is 0 Å². The lowest BCUT2D eigenvalue weighted by Crippen LogP contribution is -2.25. The smallest absolute Gasteiger partial charge is 0.366 e. The van der Waals surface area contributed by atoms with Gasteiger partial charge in [0.1, 0.15) is 0 Å². The first kappa shape index (κ1) is 14.0. The highest BCUT2D eigenvalue weighted by atomic mass is 35.5. The first-order valence-corrected chi connectivity index (χ1v) is 5.41. The van der Waals surface area contributed by atoms with E-state index in [2.05, 4.69) is 15.5 Å². The fourth-order valence-electron chi connectivity index (χ4n) is 1.34. The van der Waals surface area contributed by atoms with Gasteiger partial charge in [0.25, 0.3) is 0 Å². The molecule has 0 amide bonds. The highest BCUT2D eigenvalue weighted by molar-refractivity contribution is 6.30. The Morgan fingerprint density at radius 3 is 2.35 bits per heavy atom. The first-order valence-electron chi connectivity index (χ1n) is 5.03. The van der Waals surface area contributed by atoms with E-state index in [0.29, 0.717) is 16.9 Å². The Balaban J connectivity index is 2.79. The highest BCUT2D eigenvalue weighted by Gasteiger charge is 2.30. The van der Waals surface area contributed by atoms with Gasteiger partial charge >= 0.3 is 6.18 Å². The van der Waals surface area contributed by atoms with Gasteiger partial charge in [0, 0.05) is 6.04 Å². The number of nitrogens with zero attached hydrogens (tertiary/aromatic N) is 2. The van der Waals surface area contributed by atoms with Crippen LogP contribution in [0, 0.1) is 13.8 Å². The van der Waals surface area contributed by atoms with E-state index in [4.69, 9.17) is 11.6 Å². The Labute approximate surface area is 102 Å². The number of nitrogens with one attached hydrogen (secondary N) is 1. The molecule has 0 aromatic carbocycles. The van der Waals surface area contributed by atoms with Crippen molar-refractivity contribution in [2.75, 3.05) is 5.32 Å². The quantitative estimate of drug-likeness (QED) is 0.911. The monoisotopic (exact) mass is 267 g/mol. The van der Waals surface area contributed by atoms with E-state index < -0.39 is 18.6 Å². The molecular formula is C10H13ClF3N3. The maximum Gasteiger partial charge on any atom is 0.391 e. The van der Waals surface area contributed by atoms with Crippen molar-refractivity contribution >= 4 is 17.4 Å². The van der Waals surface area contributed by atoms with Crippen molar-refractivity contribution in [3.63, 3.8) is 0 Å². The average Bonchev–Trinajstić information content (AvgIpc) is 2.16. The predicted molar refractivity (Wildman–Crippen MR) is 60.3 cm³/mol. The molecule has 0 aliphatic heterocycles. The van der Waals surface area contributed by atoms with Crippen LogP contribution in [0.2, 0.25) is 5.15 Å². The molecule has 17 heavy (non-hydrogen) atoms. The molecule has 1 rings (SSSR count). The van der Waals surface area contributed by atoms with E-state index in [9.17, 15) is 13.2 Å². The van der Waals surface area contributed by atoms with Gasteiger partial charge in [-0.05, 0) is 31.9 Å². The molecule has 7 heteroatoms. The summed E-state index contributed by atoms with van der Waals surface area (Å²) in [6.45, 7) is 4.92. The lowest BCUT2D eigenvalue weighted by atomic mass is 10.1. The van der Waals surface area contributed by atoms with Gasteiger partial charge in [-0.15, -0.1) is 10.2 Å². The second kappa shape index (κ2) is 5.08. The third-order valence-electron chi connectivity index (χ3n) is 2.39. The zero-order chi connectivity index (χ0) is 13.2. The number of rotatable bonds is 3. The molecule has 0 aliphatic rings. The number of hydrogen-bond acceptors (Lipinski definition) is 3. The second-order valence-corrected chi connectivity index (χ2v) is 4.31. The lowest BCUT2D eigenvalue weighted by Gasteiger charge is -2.18. The zero-order valence-electron chi connectivity index (χ0n) is 9.69. The summed E-state index contributed by atoms with van der Waals surface area (Å²) in [4.78, 5) is 0. The molecule has 1 atom stereocenters. The number of hydrogen-bond donors (Lipinski definition) is 1. The summed E-state index contributed by atoms with van der Waals surface area (Å²) in [5.41, 5.74) is 1.42. The van der Waals surface area contributed by atoms with Crippen LogP contribution in [0.5, 0.6) is 0 Å². The molecule has 0 saturated carbocycles. The maximum atomic E-state index is 12.2. The van der Waals surface area contributed by atoms with Gasteiger partial charge in [-0.2, -0.15) is 13.2 Å². The molecule has 1 aromatic heterocycles. The molecule has 96 valence electrons. The Bertz CT molecular complexity index is 407. The topological polar surface area (TPSA) is 37.8 Å². The summed E-state index contributed by atoms with van der Waals surface area (Å²) in [6, 6.07) is -0.761. The van der Waals surface area contributed by atoms with Crippen molar-refractivity contribution in [3.8, 4) is 0 Å². The minimum absolute atomic E-state index is 0.261. The van der Waals surface area contributed by atoms with Crippen LogP contribution in [0.4, 0.5) is 19.0 Å². The fourth-order valence-corrected chi connectivity index (χ4v) is 1.52. The van der Waals surface area contributed by atoms with Crippen LogP contribution in [-0.4, -0.2) is 22.4 Å². The number of aromatic nitrogens is 2. The van der Waals surface area contributed by atoms with Crippen molar-refractivity contribution in [1.82, 2.24) is 10.2 Å². The van der Waals surface area contributed by atoms with Crippen LogP contribution >= 0.6 is 11.6 Å². The standard InChI is InChI=1S/C10H13ClF3N3/c1-5(4-10(12,13)14)15-9-7(3)6(2)8(11)16-17-9/h5H,4H2,1-3H3,(H,15,17). The maximum absolute atomic E-state index is 12.2. The van der Waals surface area contributed by atoms with Crippen molar-refractivity contribution in [1.29, 1.82) is 0 Å². The molecule has 1 N–H and O–H groups in total. The van der Waals surface area contributed by atoms with Crippen LogP contribution < -0.4 is 5.32 Å². The zero-order valence-corrected chi connectivity index (χ0v) is 10.4. The Hall–Kier alpha value is -1.04. The summed E-state index contributed by atoms with van der Waals surface area (Å²) in [5.74, 6) is 0.337. The summed E-state index contributed by atoms with van der Waals surface area (Å²) in [6.07, 6.45) is -5.12. The van der Waals surface area contributed by atoms with Gasteiger partial charge < -0.3 is 5.32 Å². The van der Waals surface area contributed by atoms with Crippen molar-refractivity contribution in [2.45, 2.75) is 39.4 Å². The van der Waals surface area contributed by atoms with Crippen molar-refractivity contribution in [2.24, 2.45) is 0 Å². The normalized spacial score (nSPS) is 13.6. The largest absolute Gasteiger partial charge is 0.391 e. The minimum Gasteiger partial charge on any atom is -0.366 e. The molecule has 0 aliphatic carbocycles. The molecule has 3 nitrogen and oxygen atoms in total. The molecular weight excluding hydrogens is 255 g/mol. The summed E-state index contributed by atoms with van der Waals surface area (Å²) < 4.78 is 36.5. The Kier molecular flexibility index (Phi) is 4.19. The van der Waals surface area contributed by atoms with E-state index in [1.54, 1.807) is 13.8 Å². The Morgan fingerprint density at radius 2 is 1.82 bits per heavy atom. The van der Waals surface area contributed by atoms with E-state index in [1.165, 1.54) is 6.92 Å². The molecule has 0 saturated heterocycles. The van der Waals surface area contributed by atoms with Crippen LogP contribution in [-0.2, 0) is 0 Å². The van der Waals surface area contributed by atoms with Crippen molar-refractivity contribution < 1.29 is 13.2 Å². The molecule has 1 unspecified atom stereocenters. The molecule has 1 heterocycles. The Morgan fingerprint density at radius 1 is 1.24 bits per heavy atom. The second-order valence-electron chi connectivity index (χ2n) is 3.95. The molecule has 1 aromatic rings. The molecule has 0 radical (unpaired) electrons. The van der Waals surface area contributed by atoms with Crippen molar-refractivity contribution in [3.05, 3.63) is 16.3 Å².